The Morgan fingerprint density at radius 2 is 1.84 bits per heavy atom. The van der Waals surface area contributed by atoms with Crippen LogP contribution in [0.2, 0.25) is 5.02 Å². The fourth-order valence-electron chi connectivity index (χ4n) is 2.15. The minimum absolute atomic E-state index is 0.251. The van der Waals surface area contributed by atoms with Gasteiger partial charge in [0.05, 0.1) is 22.1 Å². The van der Waals surface area contributed by atoms with E-state index in [1.54, 1.807) is 0 Å². The molecule has 0 atom stereocenters. The van der Waals surface area contributed by atoms with Gasteiger partial charge in [-0.05, 0) is 24.3 Å². The SMILES string of the molecule is N#CCn1c(-c2ccccc2Cl)nc2ccccc21. The van der Waals surface area contributed by atoms with E-state index in [1.165, 1.54) is 0 Å². The molecule has 92 valence electrons. The van der Waals surface area contributed by atoms with E-state index in [9.17, 15) is 0 Å². The van der Waals surface area contributed by atoms with Gasteiger partial charge in [-0.15, -0.1) is 0 Å². The van der Waals surface area contributed by atoms with E-state index in [2.05, 4.69) is 11.1 Å². The van der Waals surface area contributed by atoms with Gasteiger partial charge in [-0.25, -0.2) is 4.98 Å². The van der Waals surface area contributed by atoms with Gasteiger partial charge in [-0.2, -0.15) is 5.26 Å². The van der Waals surface area contributed by atoms with E-state index in [1.807, 2.05) is 53.1 Å². The molecule has 0 spiro atoms. The molecule has 0 bridgehead atoms. The van der Waals surface area contributed by atoms with Crippen LogP contribution in [0, 0.1) is 11.3 Å². The Morgan fingerprint density at radius 3 is 2.63 bits per heavy atom. The van der Waals surface area contributed by atoms with Crippen LogP contribution in [0.3, 0.4) is 0 Å². The van der Waals surface area contributed by atoms with E-state index < -0.39 is 0 Å². The zero-order chi connectivity index (χ0) is 13.2. The van der Waals surface area contributed by atoms with Crippen LogP contribution >= 0.6 is 11.6 Å². The maximum Gasteiger partial charge on any atom is 0.143 e. The van der Waals surface area contributed by atoms with Gasteiger partial charge in [0.2, 0.25) is 0 Å². The number of aromatic nitrogens is 2. The highest BCUT2D eigenvalue weighted by Gasteiger charge is 2.13. The first-order valence-corrected chi connectivity index (χ1v) is 6.26. The number of nitrogens with zero attached hydrogens (tertiary/aromatic N) is 3. The van der Waals surface area contributed by atoms with Crippen LogP contribution in [-0.4, -0.2) is 9.55 Å². The Morgan fingerprint density at radius 1 is 1.11 bits per heavy atom. The van der Waals surface area contributed by atoms with Crippen molar-refractivity contribution in [2.24, 2.45) is 0 Å². The summed E-state index contributed by atoms with van der Waals surface area (Å²) in [5.74, 6) is 0.730. The number of hydrogen-bond acceptors (Lipinski definition) is 2. The lowest BCUT2D eigenvalue weighted by molar-refractivity contribution is 0.870. The molecule has 0 amide bonds. The Bertz CT molecular complexity index is 783. The van der Waals surface area contributed by atoms with Gasteiger partial charge in [0.1, 0.15) is 12.4 Å². The molecule has 19 heavy (non-hydrogen) atoms. The zero-order valence-electron chi connectivity index (χ0n) is 10.0. The molecular formula is C15H10ClN3. The number of hydrogen-bond donors (Lipinski definition) is 0. The van der Waals surface area contributed by atoms with Crippen molar-refractivity contribution in [1.29, 1.82) is 5.26 Å². The normalized spacial score (nSPS) is 10.5. The summed E-state index contributed by atoms with van der Waals surface area (Å²) < 4.78 is 1.89. The quantitative estimate of drug-likeness (QED) is 0.707. The van der Waals surface area contributed by atoms with E-state index in [4.69, 9.17) is 16.9 Å². The molecule has 0 aliphatic rings. The van der Waals surface area contributed by atoms with Gasteiger partial charge in [-0.1, -0.05) is 35.9 Å². The summed E-state index contributed by atoms with van der Waals surface area (Å²) in [6.07, 6.45) is 0. The zero-order valence-corrected chi connectivity index (χ0v) is 10.8. The highest BCUT2D eigenvalue weighted by atomic mass is 35.5. The predicted octanol–water partition coefficient (Wildman–Crippen LogP) is 3.88. The number of para-hydroxylation sites is 2. The van der Waals surface area contributed by atoms with Crippen LogP contribution in [0.15, 0.2) is 48.5 Å². The molecule has 3 nitrogen and oxygen atoms in total. The summed E-state index contributed by atoms with van der Waals surface area (Å²) in [4.78, 5) is 4.59. The molecule has 2 aromatic carbocycles. The summed E-state index contributed by atoms with van der Waals surface area (Å²) in [5.41, 5.74) is 2.65. The summed E-state index contributed by atoms with van der Waals surface area (Å²) in [5, 5.41) is 9.64. The third kappa shape index (κ3) is 1.96. The standard InChI is InChI=1S/C15H10ClN3/c16-12-6-2-1-5-11(12)15-18-13-7-3-4-8-14(13)19(15)10-9-17/h1-8H,10H2. The molecule has 1 heterocycles. The van der Waals surface area contributed by atoms with Crippen molar-refractivity contribution in [2.75, 3.05) is 0 Å². The molecule has 0 fully saturated rings. The third-order valence-corrected chi connectivity index (χ3v) is 3.33. The average molecular weight is 268 g/mol. The van der Waals surface area contributed by atoms with Crippen molar-refractivity contribution < 1.29 is 0 Å². The number of rotatable bonds is 2. The lowest BCUT2D eigenvalue weighted by Crippen LogP contribution is -1.98. The topological polar surface area (TPSA) is 41.6 Å². The second-order valence-electron chi connectivity index (χ2n) is 4.15. The average Bonchev–Trinajstić information content (AvgIpc) is 2.79. The third-order valence-electron chi connectivity index (χ3n) is 3.00. The summed E-state index contributed by atoms with van der Waals surface area (Å²) in [7, 11) is 0. The molecule has 1 aromatic heterocycles. The first-order chi connectivity index (χ1) is 9.31. The van der Waals surface area contributed by atoms with Crippen LogP contribution in [0.5, 0.6) is 0 Å². The van der Waals surface area contributed by atoms with Gasteiger partial charge < -0.3 is 4.57 Å². The molecule has 0 N–H and O–H groups in total. The number of benzene rings is 2. The van der Waals surface area contributed by atoms with Crippen molar-refractivity contribution in [3.8, 4) is 17.5 Å². The van der Waals surface area contributed by atoms with E-state index in [0.29, 0.717) is 5.02 Å². The van der Waals surface area contributed by atoms with Crippen LogP contribution in [0.4, 0.5) is 0 Å². The van der Waals surface area contributed by atoms with Crippen LogP contribution < -0.4 is 0 Å². The van der Waals surface area contributed by atoms with Crippen LogP contribution in [-0.2, 0) is 6.54 Å². The van der Waals surface area contributed by atoms with E-state index in [-0.39, 0.29) is 6.54 Å². The fourth-order valence-corrected chi connectivity index (χ4v) is 2.37. The van der Waals surface area contributed by atoms with Crippen molar-refractivity contribution in [3.05, 3.63) is 53.6 Å². The summed E-state index contributed by atoms with van der Waals surface area (Å²) in [6, 6.07) is 17.5. The second kappa shape index (κ2) is 4.75. The minimum Gasteiger partial charge on any atom is -0.310 e. The lowest BCUT2D eigenvalue weighted by atomic mass is 10.2. The predicted molar refractivity (Wildman–Crippen MR) is 75.8 cm³/mol. The summed E-state index contributed by atoms with van der Waals surface area (Å²) in [6.45, 7) is 0.251. The monoisotopic (exact) mass is 267 g/mol. The highest BCUT2D eigenvalue weighted by Crippen LogP contribution is 2.29. The smallest absolute Gasteiger partial charge is 0.143 e. The molecule has 0 saturated heterocycles. The first-order valence-electron chi connectivity index (χ1n) is 5.88. The molecule has 3 rings (SSSR count). The largest absolute Gasteiger partial charge is 0.310 e. The molecule has 0 radical (unpaired) electrons. The maximum atomic E-state index is 9.01. The molecular weight excluding hydrogens is 258 g/mol. The number of fused-ring (bicyclic) bond motifs is 1. The van der Waals surface area contributed by atoms with Gasteiger partial charge in [0.15, 0.2) is 0 Å². The van der Waals surface area contributed by atoms with Crippen molar-refractivity contribution in [1.82, 2.24) is 9.55 Å². The number of halogens is 1. The molecule has 0 aliphatic heterocycles. The fraction of sp³-hybridized carbons (Fsp3) is 0.0667. The van der Waals surface area contributed by atoms with Crippen molar-refractivity contribution in [2.45, 2.75) is 6.54 Å². The minimum atomic E-state index is 0.251. The molecule has 3 aromatic rings. The van der Waals surface area contributed by atoms with Crippen molar-refractivity contribution in [3.63, 3.8) is 0 Å². The maximum absolute atomic E-state index is 9.01. The highest BCUT2D eigenvalue weighted by molar-refractivity contribution is 6.33. The van der Waals surface area contributed by atoms with Crippen LogP contribution in [0.1, 0.15) is 0 Å². The number of nitriles is 1. The second-order valence-corrected chi connectivity index (χ2v) is 4.56. The Balaban J connectivity index is 2.32. The molecule has 0 aliphatic carbocycles. The molecule has 0 saturated carbocycles. The Labute approximate surface area is 115 Å². The Hall–Kier alpha value is -2.31. The van der Waals surface area contributed by atoms with Gasteiger partial charge >= 0.3 is 0 Å². The number of imidazole rings is 1. The van der Waals surface area contributed by atoms with Crippen LogP contribution in [0.25, 0.3) is 22.4 Å². The van der Waals surface area contributed by atoms with Crippen molar-refractivity contribution >= 4 is 22.6 Å². The van der Waals surface area contributed by atoms with E-state index in [0.717, 1.165) is 22.4 Å². The van der Waals surface area contributed by atoms with E-state index >= 15 is 0 Å². The molecule has 0 unspecified atom stereocenters. The summed E-state index contributed by atoms with van der Waals surface area (Å²) >= 11 is 6.22. The lowest BCUT2D eigenvalue weighted by Gasteiger charge is -2.06. The Kier molecular flexibility index (Phi) is 2.94. The molecule has 4 heteroatoms. The van der Waals surface area contributed by atoms with Gasteiger partial charge in [0.25, 0.3) is 0 Å². The van der Waals surface area contributed by atoms with Gasteiger partial charge in [0, 0.05) is 5.56 Å². The van der Waals surface area contributed by atoms with Gasteiger partial charge in [-0.3, -0.25) is 0 Å². The first kappa shape index (κ1) is 11.8.